The summed E-state index contributed by atoms with van der Waals surface area (Å²) in [5, 5.41) is 11.9. The number of nitro groups is 1. The molecule has 2 aromatic rings. The van der Waals surface area contributed by atoms with Crippen molar-refractivity contribution in [1.82, 2.24) is 4.57 Å². The lowest BCUT2D eigenvalue weighted by Crippen LogP contribution is -2.19. The second kappa shape index (κ2) is 5.77. The minimum absolute atomic E-state index is 0.0582. The van der Waals surface area contributed by atoms with Crippen molar-refractivity contribution in [2.24, 2.45) is 4.40 Å². The van der Waals surface area contributed by atoms with Gasteiger partial charge in [-0.15, -0.1) is 0 Å². The van der Waals surface area contributed by atoms with Gasteiger partial charge in [-0.3, -0.25) is 10.1 Å². The van der Waals surface area contributed by atoms with E-state index in [2.05, 4.69) is 4.40 Å². The lowest BCUT2D eigenvalue weighted by Gasteiger charge is -2.12. The minimum Gasteiger partial charge on any atom is -0.337 e. The van der Waals surface area contributed by atoms with Crippen molar-refractivity contribution in [2.45, 2.75) is 32.1 Å². The highest BCUT2D eigenvalue weighted by Crippen LogP contribution is 2.26. The molecule has 1 atom stereocenters. The highest BCUT2D eigenvalue weighted by molar-refractivity contribution is 7.85. The molecular weight excluding hydrogens is 290 g/mol. The quantitative estimate of drug-likeness (QED) is 0.494. The summed E-state index contributed by atoms with van der Waals surface area (Å²) in [4.78, 5) is 10.7. The van der Waals surface area contributed by atoms with Gasteiger partial charge in [-0.05, 0) is 26.8 Å². The number of para-hydroxylation sites is 1. The Bertz CT molecular complexity index is 729. The Labute approximate surface area is 125 Å². The summed E-state index contributed by atoms with van der Waals surface area (Å²) in [7, 11) is -1.32. The fourth-order valence-electron chi connectivity index (χ4n) is 1.89. The molecule has 0 fully saturated rings. The molecule has 0 aliphatic heterocycles. The number of fused-ring (bicyclic) bond motifs is 1. The molecule has 1 unspecified atom stereocenters. The molecule has 0 radical (unpaired) electrons. The van der Waals surface area contributed by atoms with Crippen LogP contribution in [0, 0.1) is 10.1 Å². The number of hydrogen-bond acceptors (Lipinski definition) is 3. The van der Waals surface area contributed by atoms with E-state index in [0.717, 1.165) is 5.39 Å². The van der Waals surface area contributed by atoms with Gasteiger partial charge in [0, 0.05) is 23.9 Å². The second-order valence-electron chi connectivity index (χ2n) is 5.59. The molecule has 112 valence electrons. The van der Waals surface area contributed by atoms with Gasteiger partial charge in [0.25, 0.3) is 5.69 Å². The number of benzene rings is 1. The van der Waals surface area contributed by atoms with Crippen molar-refractivity contribution in [1.29, 1.82) is 0 Å². The van der Waals surface area contributed by atoms with Gasteiger partial charge in [-0.25, -0.2) is 4.21 Å². The van der Waals surface area contributed by atoms with Crippen LogP contribution in [-0.2, 0) is 17.5 Å². The van der Waals surface area contributed by atoms with Gasteiger partial charge in [0.1, 0.15) is 16.5 Å². The molecule has 0 saturated heterocycles. The largest absolute Gasteiger partial charge is 0.337 e. The molecule has 0 aliphatic rings. The third kappa shape index (κ3) is 3.36. The zero-order chi connectivity index (χ0) is 15.6. The summed E-state index contributed by atoms with van der Waals surface area (Å²) in [5.41, 5.74) is 0.610. The van der Waals surface area contributed by atoms with Crippen LogP contribution in [0.25, 0.3) is 10.9 Å². The highest BCUT2D eigenvalue weighted by atomic mass is 32.2. The fraction of sp³-hybridized carbons (Fsp3) is 0.357. The van der Waals surface area contributed by atoms with Crippen LogP contribution in [0.15, 0.2) is 34.9 Å². The zero-order valence-electron chi connectivity index (χ0n) is 12.1. The molecule has 7 heteroatoms. The van der Waals surface area contributed by atoms with E-state index < -0.39 is 20.7 Å². The SMILES string of the molecule is CC(C)(C)S(=O)/N=C/Cn1ccc2cccc([N+](=O)[O-])c21. The van der Waals surface area contributed by atoms with Crippen molar-refractivity contribution in [2.75, 3.05) is 0 Å². The van der Waals surface area contributed by atoms with E-state index in [-0.39, 0.29) is 5.69 Å². The minimum atomic E-state index is -1.32. The van der Waals surface area contributed by atoms with Crippen LogP contribution in [0.3, 0.4) is 0 Å². The Hall–Kier alpha value is -2.02. The third-order valence-corrected chi connectivity index (χ3v) is 4.32. The van der Waals surface area contributed by atoms with Crippen LogP contribution in [0.1, 0.15) is 20.8 Å². The van der Waals surface area contributed by atoms with Crippen molar-refractivity contribution < 1.29 is 9.13 Å². The Morgan fingerprint density at radius 1 is 1.38 bits per heavy atom. The summed E-state index contributed by atoms with van der Waals surface area (Å²) in [6.07, 6.45) is 3.31. The van der Waals surface area contributed by atoms with E-state index in [1.54, 1.807) is 16.8 Å². The van der Waals surface area contributed by atoms with Crippen LogP contribution in [0.2, 0.25) is 0 Å². The van der Waals surface area contributed by atoms with Crippen LogP contribution in [0.5, 0.6) is 0 Å². The molecule has 21 heavy (non-hydrogen) atoms. The number of non-ortho nitro benzene ring substituents is 1. The van der Waals surface area contributed by atoms with Crippen LogP contribution in [0.4, 0.5) is 5.69 Å². The summed E-state index contributed by atoms with van der Waals surface area (Å²) in [6, 6.07) is 6.77. The summed E-state index contributed by atoms with van der Waals surface area (Å²) in [5.74, 6) is 0. The summed E-state index contributed by atoms with van der Waals surface area (Å²) in [6.45, 7) is 5.87. The lowest BCUT2D eigenvalue weighted by molar-refractivity contribution is -0.383. The lowest BCUT2D eigenvalue weighted by atomic mass is 10.2. The molecule has 0 spiro atoms. The topological polar surface area (TPSA) is 77.5 Å². The average molecular weight is 307 g/mol. The van der Waals surface area contributed by atoms with E-state index in [9.17, 15) is 14.3 Å². The molecule has 2 rings (SSSR count). The van der Waals surface area contributed by atoms with E-state index in [1.165, 1.54) is 12.3 Å². The maximum atomic E-state index is 11.8. The van der Waals surface area contributed by atoms with Crippen molar-refractivity contribution in [3.05, 3.63) is 40.6 Å². The third-order valence-electron chi connectivity index (χ3n) is 2.94. The van der Waals surface area contributed by atoms with Crippen molar-refractivity contribution >= 4 is 33.8 Å². The maximum absolute atomic E-state index is 11.8. The van der Waals surface area contributed by atoms with E-state index in [1.807, 2.05) is 32.9 Å². The molecule has 1 aromatic heterocycles. The average Bonchev–Trinajstić information content (AvgIpc) is 2.80. The first-order valence-corrected chi connectivity index (χ1v) is 7.58. The molecule has 1 heterocycles. The molecule has 1 aromatic carbocycles. The summed E-state index contributed by atoms with van der Waals surface area (Å²) < 4.78 is 17.2. The predicted molar refractivity (Wildman–Crippen MR) is 85.0 cm³/mol. The number of rotatable bonds is 4. The Kier molecular flexibility index (Phi) is 4.22. The van der Waals surface area contributed by atoms with Gasteiger partial charge >= 0.3 is 0 Å². The molecule has 0 saturated carbocycles. The van der Waals surface area contributed by atoms with E-state index in [0.29, 0.717) is 12.1 Å². The van der Waals surface area contributed by atoms with Crippen molar-refractivity contribution in [3.8, 4) is 0 Å². The molecule has 0 bridgehead atoms. The number of nitro benzene ring substituents is 1. The Morgan fingerprint density at radius 3 is 2.71 bits per heavy atom. The molecule has 0 N–H and O–H groups in total. The fourth-order valence-corrected chi connectivity index (χ4v) is 2.41. The smallest absolute Gasteiger partial charge is 0.293 e. The normalized spacial score (nSPS) is 13.9. The molecule has 0 amide bonds. The number of nitrogens with zero attached hydrogens (tertiary/aromatic N) is 3. The van der Waals surface area contributed by atoms with E-state index >= 15 is 0 Å². The first kappa shape index (κ1) is 15.4. The second-order valence-corrected chi connectivity index (χ2v) is 7.52. The Balaban J connectivity index is 2.30. The highest BCUT2D eigenvalue weighted by Gasteiger charge is 2.18. The van der Waals surface area contributed by atoms with E-state index in [4.69, 9.17) is 0 Å². The summed E-state index contributed by atoms with van der Waals surface area (Å²) >= 11 is 0. The van der Waals surface area contributed by atoms with Gasteiger partial charge < -0.3 is 4.57 Å². The van der Waals surface area contributed by atoms with Gasteiger partial charge in [0.05, 0.1) is 16.2 Å². The van der Waals surface area contributed by atoms with Crippen molar-refractivity contribution in [3.63, 3.8) is 0 Å². The number of hydrogen-bond donors (Lipinski definition) is 0. The predicted octanol–water partition coefficient (Wildman–Crippen LogP) is 3.08. The van der Waals surface area contributed by atoms with Crippen LogP contribution < -0.4 is 0 Å². The van der Waals surface area contributed by atoms with Gasteiger partial charge in [-0.2, -0.15) is 4.40 Å². The van der Waals surface area contributed by atoms with Crippen LogP contribution >= 0.6 is 0 Å². The Morgan fingerprint density at radius 2 is 2.10 bits per heavy atom. The first-order chi connectivity index (χ1) is 9.80. The van der Waals surface area contributed by atoms with Gasteiger partial charge in [0.15, 0.2) is 0 Å². The van der Waals surface area contributed by atoms with Gasteiger partial charge in [0.2, 0.25) is 0 Å². The standard InChI is InChI=1S/C14H17N3O3S/c1-14(2,3)21(20)15-8-10-16-9-7-11-5-4-6-12(13(11)16)17(18)19/h4-9H,10H2,1-3H3/b15-8+. The molecular formula is C14H17N3O3S. The zero-order valence-corrected chi connectivity index (χ0v) is 13.0. The van der Waals surface area contributed by atoms with Gasteiger partial charge in [-0.1, -0.05) is 12.1 Å². The number of aromatic nitrogens is 1. The monoisotopic (exact) mass is 307 g/mol. The first-order valence-electron chi connectivity index (χ1n) is 6.47. The maximum Gasteiger partial charge on any atom is 0.293 e. The molecule has 0 aliphatic carbocycles. The molecule has 6 nitrogen and oxygen atoms in total. The van der Waals surface area contributed by atoms with Crippen LogP contribution in [-0.4, -0.2) is 24.7 Å².